The summed E-state index contributed by atoms with van der Waals surface area (Å²) < 4.78 is -5.31. The SMILES string of the molecule is ClC(Cl)(Cl)C(Cl)(Cl)Cl.ClC(Cl)(Cl)Cl. The van der Waals surface area contributed by atoms with Crippen LogP contribution in [0.25, 0.3) is 0 Å². The fourth-order valence-corrected chi connectivity index (χ4v) is 0. The van der Waals surface area contributed by atoms with Crippen molar-refractivity contribution in [3.05, 3.63) is 0 Å². The number of rotatable bonds is 0. The number of alkyl halides is 10. The summed E-state index contributed by atoms with van der Waals surface area (Å²) in [5.41, 5.74) is 0. The summed E-state index contributed by atoms with van der Waals surface area (Å²) in [6, 6.07) is 0. The lowest BCUT2D eigenvalue weighted by Gasteiger charge is -2.19. The highest BCUT2D eigenvalue weighted by Crippen LogP contribution is 2.48. The van der Waals surface area contributed by atoms with Crippen LogP contribution in [0.3, 0.4) is 0 Å². The van der Waals surface area contributed by atoms with Crippen LogP contribution >= 0.6 is 116 Å². The van der Waals surface area contributed by atoms with E-state index in [2.05, 4.69) is 0 Å². The predicted octanol–water partition coefficient (Wildman–Crippen LogP) is 6.28. The second-order valence-electron chi connectivity index (χ2n) is 1.42. The first-order chi connectivity index (χ1) is 5.25. The van der Waals surface area contributed by atoms with E-state index in [1.54, 1.807) is 0 Å². The summed E-state index contributed by atoms with van der Waals surface area (Å²) in [5, 5.41) is 0. The van der Waals surface area contributed by atoms with E-state index in [0.717, 1.165) is 0 Å². The first-order valence-electron chi connectivity index (χ1n) is 2.14. The van der Waals surface area contributed by atoms with Crippen molar-refractivity contribution >= 4 is 116 Å². The maximum absolute atomic E-state index is 5.14. The second kappa shape index (κ2) is 6.59. The van der Waals surface area contributed by atoms with Crippen molar-refractivity contribution in [3.8, 4) is 0 Å². The summed E-state index contributed by atoms with van der Waals surface area (Å²) in [5.74, 6) is 0. The zero-order chi connectivity index (χ0) is 11.5. The van der Waals surface area contributed by atoms with Gasteiger partial charge in [0.2, 0.25) is 7.59 Å². The highest BCUT2D eigenvalue weighted by Gasteiger charge is 2.43. The molecule has 0 atom stereocenters. The van der Waals surface area contributed by atoms with E-state index >= 15 is 0 Å². The molecule has 0 unspecified atom stereocenters. The smallest absolute Gasteiger partial charge is 0.0788 e. The van der Waals surface area contributed by atoms with Crippen LogP contribution in [-0.2, 0) is 0 Å². The van der Waals surface area contributed by atoms with Gasteiger partial charge in [-0.15, -0.1) is 0 Å². The van der Waals surface area contributed by atoms with Crippen LogP contribution in [0.5, 0.6) is 0 Å². The van der Waals surface area contributed by atoms with Crippen molar-refractivity contribution in [3.63, 3.8) is 0 Å². The number of hydrogen-bond donors (Lipinski definition) is 0. The molecule has 0 aliphatic rings. The van der Waals surface area contributed by atoms with Gasteiger partial charge in [0.25, 0.3) is 3.25 Å². The predicted molar refractivity (Wildman–Crippen MR) is 66.7 cm³/mol. The summed E-state index contributed by atoms with van der Waals surface area (Å²) in [4.78, 5) is 0. The molecule has 0 fully saturated rings. The van der Waals surface area contributed by atoms with Gasteiger partial charge < -0.3 is 0 Å². The second-order valence-corrected chi connectivity index (χ2v) is 9.42. The molecular weight excluding hydrogens is 391 g/mol. The van der Waals surface area contributed by atoms with Crippen molar-refractivity contribution in [1.29, 1.82) is 0 Å². The van der Waals surface area contributed by atoms with E-state index in [-0.39, 0.29) is 0 Å². The Kier molecular flexibility index (Phi) is 9.26. The average molecular weight is 391 g/mol. The van der Waals surface area contributed by atoms with Crippen molar-refractivity contribution in [2.45, 2.75) is 10.8 Å². The zero-order valence-corrected chi connectivity index (χ0v) is 12.8. The molecule has 0 amide bonds. The maximum atomic E-state index is 5.14. The summed E-state index contributed by atoms with van der Waals surface area (Å²) in [6.45, 7) is 0. The summed E-state index contributed by atoms with van der Waals surface area (Å²) in [7, 11) is 0. The van der Waals surface area contributed by atoms with Crippen molar-refractivity contribution in [1.82, 2.24) is 0 Å². The topological polar surface area (TPSA) is 0 Å². The highest BCUT2D eigenvalue weighted by molar-refractivity contribution is 6.84. The molecule has 13 heavy (non-hydrogen) atoms. The molecule has 0 saturated heterocycles. The Morgan fingerprint density at radius 3 is 0.462 bits per heavy atom. The molecule has 0 radical (unpaired) electrons. The van der Waals surface area contributed by atoms with Crippen LogP contribution < -0.4 is 0 Å². The van der Waals surface area contributed by atoms with E-state index < -0.39 is 10.8 Å². The third-order valence-electron chi connectivity index (χ3n) is 0.321. The van der Waals surface area contributed by atoms with Gasteiger partial charge in [-0.1, -0.05) is 116 Å². The van der Waals surface area contributed by atoms with Crippen molar-refractivity contribution in [2.24, 2.45) is 0 Å². The van der Waals surface area contributed by atoms with E-state index in [9.17, 15) is 0 Å². The standard InChI is InChI=1S/C2Cl6.CCl4/c3-1(4,5)2(6,7)8;2-1(3,4)5. The van der Waals surface area contributed by atoms with Crippen LogP contribution in [0.1, 0.15) is 0 Å². The monoisotopic (exact) mass is 386 g/mol. The lowest BCUT2D eigenvalue weighted by atomic mass is 10.9. The third kappa shape index (κ3) is 17.5. The molecule has 0 aromatic rings. The largest absolute Gasteiger partial charge is 0.266 e. The maximum Gasteiger partial charge on any atom is 0.266 e. The molecule has 0 N–H and O–H groups in total. The lowest BCUT2D eigenvalue weighted by molar-refractivity contribution is 1.10. The van der Waals surface area contributed by atoms with Crippen LogP contribution in [0, 0.1) is 0 Å². The molecule has 0 heterocycles. The van der Waals surface area contributed by atoms with Crippen molar-refractivity contribution < 1.29 is 0 Å². The average Bonchev–Trinajstić information content (AvgIpc) is 1.50. The number of hydrogen-bond acceptors (Lipinski definition) is 0. The van der Waals surface area contributed by atoms with E-state index in [0.29, 0.717) is 0 Å². The Balaban J connectivity index is 0. The Bertz CT molecular complexity index is 114. The van der Waals surface area contributed by atoms with Crippen LogP contribution in [0.2, 0.25) is 0 Å². The molecule has 0 aliphatic heterocycles. The van der Waals surface area contributed by atoms with Gasteiger partial charge in [0, 0.05) is 0 Å². The Morgan fingerprint density at radius 1 is 0.385 bits per heavy atom. The zero-order valence-electron chi connectivity index (χ0n) is 5.28. The van der Waals surface area contributed by atoms with Gasteiger partial charge in [-0.3, -0.25) is 0 Å². The van der Waals surface area contributed by atoms with Crippen LogP contribution in [0.15, 0.2) is 0 Å². The molecule has 0 saturated carbocycles. The van der Waals surface area contributed by atoms with E-state index in [1.807, 2.05) is 0 Å². The molecule has 10 heteroatoms. The first kappa shape index (κ1) is 18.3. The van der Waals surface area contributed by atoms with Gasteiger partial charge in [-0.25, -0.2) is 0 Å². The van der Waals surface area contributed by atoms with Crippen LogP contribution in [-0.4, -0.2) is 10.8 Å². The minimum Gasteiger partial charge on any atom is -0.0788 e. The fraction of sp³-hybridized carbons (Fsp3) is 1.00. The summed E-state index contributed by atoms with van der Waals surface area (Å²) >= 11 is 50.2. The molecule has 82 valence electrons. The minimum atomic E-state index is -1.85. The Hall–Kier alpha value is 2.90. The molecule has 0 nitrogen and oxygen atoms in total. The minimum absolute atomic E-state index is 1.61. The molecule has 0 spiro atoms. The number of halogens is 10. The molecule has 0 bridgehead atoms. The van der Waals surface area contributed by atoms with E-state index in [1.165, 1.54) is 0 Å². The Morgan fingerprint density at radius 2 is 0.462 bits per heavy atom. The van der Waals surface area contributed by atoms with Gasteiger partial charge in [-0.05, 0) is 0 Å². The molecule has 0 aromatic carbocycles. The van der Waals surface area contributed by atoms with Crippen LogP contribution in [0.4, 0.5) is 0 Å². The van der Waals surface area contributed by atoms with Gasteiger partial charge in [0.1, 0.15) is 0 Å². The first-order valence-corrected chi connectivity index (χ1v) is 5.92. The summed E-state index contributed by atoms with van der Waals surface area (Å²) in [6.07, 6.45) is 0. The molecule has 0 aromatic heterocycles. The van der Waals surface area contributed by atoms with Gasteiger partial charge in [-0.2, -0.15) is 0 Å². The van der Waals surface area contributed by atoms with Gasteiger partial charge in [0.15, 0.2) is 0 Å². The third-order valence-corrected chi connectivity index (χ3v) is 2.89. The highest BCUT2D eigenvalue weighted by atomic mass is 35.6. The Labute approximate surface area is 126 Å². The molecule has 0 rings (SSSR count). The van der Waals surface area contributed by atoms with Gasteiger partial charge >= 0.3 is 0 Å². The molecule has 0 aliphatic carbocycles. The van der Waals surface area contributed by atoms with E-state index in [4.69, 9.17) is 116 Å². The fourth-order valence-electron chi connectivity index (χ4n) is 0. The lowest BCUT2D eigenvalue weighted by Crippen LogP contribution is -2.23. The quantitative estimate of drug-likeness (QED) is 0.427. The normalized spacial score (nSPS) is 13.4. The molecular formula is C3Cl10. The van der Waals surface area contributed by atoms with Gasteiger partial charge in [0.05, 0.1) is 0 Å². The van der Waals surface area contributed by atoms with Crippen molar-refractivity contribution in [2.75, 3.05) is 0 Å².